The average molecular weight is 285 g/mol. The summed E-state index contributed by atoms with van der Waals surface area (Å²) in [5, 5.41) is 2.85. The van der Waals surface area contributed by atoms with Crippen LogP contribution in [0.25, 0.3) is 0 Å². The molecule has 0 aromatic carbocycles. The second kappa shape index (κ2) is 6.35. The summed E-state index contributed by atoms with van der Waals surface area (Å²) in [5.74, 6) is -0.229. The number of nitrogens with zero attached hydrogens (tertiary/aromatic N) is 1. The highest BCUT2D eigenvalue weighted by Gasteiger charge is 2.19. The van der Waals surface area contributed by atoms with Crippen molar-refractivity contribution in [3.63, 3.8) is 0 Å². The van der Waals surface area contributed by atoms with Crippen molar-refractivity contribution < 1.29 is 9.59 Å². The van der Waals surface area contributed by atoms with Gasteiger partial charge in [0.25, 0.3) is 5.91 Å². The Morgan fingerprint density at radius 3 is 2.62 bits per heavy atom. The molecule has 0 spiro atoms. The number of pyridine rings is 1. The molecule has 0 fully saturated rings. The lowest BCUT2D eigenvalue weighted by molar-refractivity contribution is 0.0948. The van der Waals surface area contributed by atoms with Crippen LogP contribution in [-0.2, 0) is 6.42 Å². The molecule has 5 heteroatoms. The maximum absolute atomic E-state index is 12.2. The molecular weight excluding hydrogens is 266 g/mol. The lowest BCUT2D eigenvalue weighted by Gasteiger charge is -2.04. The lowest BCUT2D eigenvalue weighted by atomic mass is 10.1. The van der Waals surface area contributed by atoms with Gasteiger partial charge in [-0.2, -0.15) is 0 Å². The molecule has 0 unspecified atom stereocenters. The minimum absolute atomic E-state index is 0.0335. The molecule has 0 saturated heterocycles. The largest absolute Gasteiger partial charge is 0.354 e. The van der Waals surface area contributed by atoms with Crippen molar-refractivity contribution in [2.24, 2.45) is 0 Å². The summed E-state index contributed by atoms with van der Waals surface area (Å²) >= 11 is 0. The van der Waals surface area contributed by atoms with Crippen LogP contribution in [0, 0.1) is 13.8 Å². The van der Waals surface area contributed by atoms with Crippen LogP contribution in [0.15, 0.2) is 24.4 Å². The molecule has 0 aliphatic rings. The first-order valence-corrected chi connectivity index (χ1v) is 6.89. The van der Waals surface area contributed by atoms with Crippen LogP contribution in [0.3, 0.4) is 0 Å². The predicted molar refractivity (Wildman–Crippen MR) is 80.5 cm³/mol. The fourth-order valence-corrected chi connectivity index (χ4v) is 2.44. The van der Waals surface area contributed by atoms with Crippen molar-refractivity contribution >= 4 is 11.7 Å². The Labute approximate surface area is 123 Å². The van der Waals surface area contributed by atoms with E-state index in [1.54, 1.807) is 20.0 Å². The summed E-state index contributed by atoms with van der Waals surface area (Å²) in [5.41, 5.74) is 3.43. The van der Waals surface area contributed by atoms with Gasteiger partial charge in [-0.15, -0.1) is 0 Å². The fourth-order valence-electron chi connectivity index (χ4n) is 2.44. The van der Waals surface area contributed by atoms with E-state index in [2.05, 4.69) is 15.3 Å². The van der Waals surface area contributed by atoms with Gasteiger partial charge >= 0.3 is 0 Å². The number of aromatic amines is 1. The zero-order chi connectivity index (χ0) is 15.4. The number of rotatable bonds is 5. The molecule has 0 aliphatic carbocycles. The third-order valence-corrected chi connectivity index (χ3v) is 3.41. The van der Waals surface area contributed by atoms with E-state index in [4.69, 9.17) is 0 Å². The molecule has 2 N–H and O–H groups in total. The molecule has 0 bridgehead atoms. The molecule has 5 nitrogen and oxygen atoms in total. The maximum Gasteiger partial charge on any atom is 0.268 e. The minimum Gasteiger partial charge on any atom is -0.354 e. The van der Waals surface area contributed by atoms with Crippen molar-refractivity contribution in [3.05, 3.63) is 52.6 Å². The highest BCUT2D eigenvalue weighted by Crippen LogP contribution is 2.18. The van der Waals surface area contributed by atoms with Crippen LogP contribution >= 0.6 is 0 Å². The van der Waals surface area contributed by atoms with E-state index in [1.165, 1.54) is 6.92 Å². The number of H-pyrrole nitrogens is 1. The van der Waals surface area contributed by atoms with Gasteiger partial charge in [-0.25, -0.2) is 0 Å². The normalized spacial score (nSPS) is 10.4. The zero-order valence-corrected chi connectivity index (χ0v) is 12.5. The van der Waals surface area contributed by atoms with Crippen LogP contribution in [0.4, 0.5) is 0 Å². The SMILES string of the molecule is CC(=O)c1c(C)[nH]c(C(=O)NCCc2ccccn2)c1C. The predicted octanol–water partition coefficient (Wildman–Crippen LogP) is 2.20. The molecule has 0 radical (unpaired) electrons. The van der Waals surface area contributed by atoms with Crippen LogP contribution in [-0.4, -0.2) is 28.2 Å². The highest BCUT2D eigenvalue weighted by atomic mass is 16.2. The molecule has 0 saturated carbocycles. The number of hydrogen-bond acceptors (Lipinski definition) is 3. The van der Waals surface area contributed by atoms with Gasteiger partial charge in [0, 0.05) is 36.1 Å². The molecule has 0 atom stereocenters. The molecule has 1 amide bonds. The van der Waals surface area contributed by atoms with Crippen molar-refractivity contribution in [3.8, 4) is 0 Å². The van der Waals surface area contributed by atoms with Gasteiger partial charge in [-0.3, -0.25) is 14.6 Å². The summed E-state index contributed by atoms with van der Waals surface area (Å²) in [6, 6.07) is 5.70. The van der Waals surface area contributed by atoms with Gasteiger partial charge in [0.1, 0.15) is 5.69 Å². The van der Waals surface area contributed by atoms with E-state index < -0.39 is 0 Å². The number of ketones is 1. The number of aromatic nitrogens is 2. The second-order valence-corrected chi connectivity index (χ2v) is 5.01. The summed E-state index contributed by atoms with van der Waals surface area (Å²) in [6.45, 7) is 5.59. The van der Waals surface area contributed by atoms with Crippen LogP contribution in [0.1, 0.15) is 44.7 Å². The Morgan fingerprint density at radius 1 is 1.29 bits per heavy atom. The van der Waals surface area contributed by atoms with Crippen molar-refractivity contribution in [2.75, 3.05) is 6.54 Å². The third kappa shape index (κ3) is 3.37. The monoisotopic (exact) mass is 285 g/mol. The van der Waals surface area contributed by atoms with E-state index in [0.29, 0.717) is 29.8 Å². The van der Waals surface area contributed by atoms with E-state index in [9.17, 15) is 9.59 Å². The average Bonchev–Trinajstić information content (AvgIpc) is 2.75. The van der Waals surface area contributed by atoms with E-state index in [-0.39, 0.29) is 11.7 Å². The Morgan fingerprint density at radius 2 is 2.05 bits per heavy atom. The van der Waals surface area contributed by atoms with Crippen LogP contribution in [0.2, 0.25) is 0 Å². The van der Waals surface area contributed by atoms with Crippen LogP contribution < -0.4 is 5.32 Å². The summed E-state index contributed by atoms with van der Waals surface area (Å²) in [7, 11) is 0. The number of carbonyl (C=O) groups excluding carboxylic acids is 2. The van der Waals surface area contributed by atoms with Crippen molar-refractivity contribution in [1.82, 2.24) is 15.3 Å². The van der Waals surface area contributed by atoms with Gasteiger partial charge in [0.15, 0.2) is 5.78 Å². The van der Waals surface area contributed by atoms with Crippen LogP contribution in [0.5, 0.6) is 0 Å². The molecular formula is C16H19N3O2. The van der Waals surface area contributed by atoms with E-state index in [0.717, 1.165) is 11.4 Å². The number of carbonyl (C=O) groups is 2. The first kappa shape index (κ1) is 15.0. The van der Waals surface area contributed by atoms with Gasteiger partial charge in [0.2, 0.25) is 0 Å². The van der Waals surface area contributed by atoms with Crippen molar-refractivity contribution in [1.29, 1.82) is 0 Å². The Balaban J connectivity index is 2.01. The molecule has 2 aromatic rings. The van der Waals surface area contributed by atoms with Gasteiger partial charge in [0.05, 0.1) is 0 Å². The second-order valence-electron chi connectivity index (χ2n) is 5.01. The number of nitrogens with one attached hydrogen (secondary N) is 2. The van der Waals surface area contributed by atoms with Gasteiger partial charge < -0.3 is 10.3 Å². The summed E-state index contributed by atoms with van der Waals surface area (Å²) in [4.78, 5) is 30.9. The highest BCUT2D eigenvalue weighted by molar-refractivity contribution is 6.02. The number of Topliss-reactive ketones (excluding diaryl/α,β-unsaturated/α-hetero) is 1. The van der Waals surface area contributed by atoms with Gasteiger partial charge in [-0.1, -0.05) is 6.07 Å². The Kier molecular flexibility index (Phi) is 4.52. The maximum atomic E-state index is 12.2. The quantitative estimate of drug-likeness (QED) is 0.827. The molecule has 2 rings (SSSR count). The number of amides is 1. The molecule has 0 aliphatic heterocycles. The molecule has 110 valence electrons. The molecule has 21 heavy (non-hydrogen) atoms. The smallest absolute Gasteiger partial charge is 0.268 e. The lowest BCUT2D eigenvalue weighted by Crippen LogP contribution is -2.26. The molecule has 2 aromatic heterocycles. The Bertz CT molecular complexity index is 660. The first-order chi connectivity index (χ1) is 10.0. The number of hydrogen-bond donors (Lipinski definition) is 2. The number of aryl methyl sites for hydroxylation is 1. The first-order valence-electron chi connectivity index (χ1n) is 6.89. The topological polar surface area (TPSA) is 74.8 Å². The van der Waals surface area contributed by atoms with Crippen molar-refractivity contribution in [2.45, 2.75) is 27.2 Å². The van der Waals surface area contributed by atoms with E-state index >= 15 is 0 Å². The fraction of sp³-hybridized carbons (Fsp3) is 0.312. The zero-order valence-electron chi connectivity index (χ0n) is 12.5. The molecule has 2 heterocycles. The Hall–Kier alpha value is -2.43. The standard InChI is InChI=1S/C16H19N3O2/c1-10-14(12(3)20)11(2)19-15(10)16(21)18-9-7-13-6-4-5-8-17-13/h4-6,8,19H,7,9H2,1-3H3,(H,18,21). The summed E-state index contributed by atoms with van der Waals surface area (Å²) in [6.07, 6.45) is 2.40. The minimum atomic E-state index is -0.195. The van der Waals surface area contributed by atoms with E-state index in [1.807, 2.05) is 18.2 Å². The summed E-state index contributed by atoms with van der Waals surface area (Å²) < 4.78 is 0. The third-order valence-electron chi connectivity index (χ3n) is 3.41. The van der Waals surface area contributed by atoms with Gasteiger partial charge in [-0.05, 0) is 38.5 Å².